The Kier molecular flexibility index (Phi) is 5.04. The molecule has 1 aromatic carbocycles. The zero-order valence-electron chi connectivity index (χ0n) is 11.5. The molecule has 0 N–H and O–H groups in total. The standard InChI is InChI=1S/C13H8F10S/c14-6-5(7(15)9(17)10(18)8(6)16)13(22,23)11(19)12(20,21)4-2-1-3-24-4/h4,11H,1-3H2. The maximum Gasteiger partial charge on any atom is 0.315 e. The first-order chi connectivity index (χ1) is 10.9. The van der Waals surface area contributed by atoms with Gasteiger partial charge in [-0.3, -0.25) is 0 Å². The molecule has 1 fully saturated rings. The van der Waals surface area contributed by atoms with Crippen LogP contribution in [0.3, 0.4) is 0 Å². The Balaban J connectivity index is 2.54. The summed E-state index contributed by atoms with van der Waals surface area (Å²) in [6, 6.07) is 0. The average molecular weight is 386 g/mol. The molecule has 1 saturated heterocycles. The van der Waals surface area contributed by atoms with Crippen molar-refractivity contribution in [3.8, 4) is 0 Å². The van der Waals surface area contributed by atoms with Crippen LogP contribution in [0.5, 0.6) is 0 Å². The van der Waals surface area contributed by atoms with Gasteiger partial charge >= 0.3 is 5.92 Å². The van der Waals surface area contributed by atoms with E-state index in [1.165, 1.54) is 0 Å². The first-order valence-electron chi connectivity index (χ1n) is 6.47. The van der Waals surface area contributed by atoms with Gasteiger partial charge in [0.15, 0.2) is 23.3 Å². The highest BCUT2D eigenvalue weighted by molar-refractivity contribution is 8.00. The van der Waals surface area contributed by atoms with Gasteiger partial charge in [0.25, 0.3) is 5.92 Å². The van der Waals surface area contributed by atoms with Crippen molar-refractivity contribution >= 4 is 11.8 Å². The summed E-state index contributed by atoms with van der Waals surface area (Å²) in [5.74, 6) is -24.6. The molecule has 1 heterocycles. The molecule has 136 valence electrons. The van der Waals surface area contributed by atoms with E-state index < -0.39 is 57.9 Å². The number of alkyl halides is 5. The first-order valence-corrected chi connectivity index (χ1v) is 7.52. The summed E-state index contributed by atoms with van der Waals surface area (Å²) in [7, 11) is 0. The zero-order chi connectivity index (χ0) is 18.4. The van der Waals surface area contributed by atoms with Crippen molar-refractivity contribution in [3.05, 3.63) is 34.6 Å². The number of hydrogen-bond acceptors (Lipinski definition) is 1. The monoisotopic (exact) mass is 386 g/mol. The molecule has 1 aromatic rings. The summed E-state index contributed by atoms with van der Waals surface area (Å²) in [5.41, 5.74) is -2.91. The van der Waals surface area contributed by atoms with E-state index in [2.05, 4.69) is 0 Å². The van der Waals surface area contributed by atoms with Gasteiger partial charge in [-0.2, -0.15) is 20.5 Å². The highest BCUT2D eigenvalue weighted by Crippen LogP contribution is 2.49. The Morgan fingerprint density at radius 1 is 0.833 bits per heavy atom. The van der Waals surface area contributed by atoms with E-state index in [9.17, 15) is 43.9 Å². The van der Waals surface area contributed by atoms with Crippen molar-refractivity contribution in [2.24, 2.45) is 0 Å². The highest BCUT2D eigenvalue weighted by atomic mass is 32.2. The van der Waals surface area contributed by atoms with E-state index in [0.717, 1.165) is 0 Å². The van der Waals surface area contributed by atoms with Crippen LogP contribution < -0.4 is 0 Å². The van der Waals surface area contributed by atoms with E-state index in [-0.39, 0.29) is 18.6 Å². The summed E-state index contributed by atoms with van der Waals surface area (Å²) in [6.07, 6.45) is -4.61. The minimum atomic E-state index is -5.63. The molecule has 2 rings (SSSR count). The molecule has 1 aliphatic rings. The molecule has 0 nitrogen and oxygen atoms in total. The van der Waals surface area contributed by atoms with Gasteiger partial charge in [0.05, 0.1) is 5.25 Å². The Morgan fingerprint density at radius 2 is 1.29 bits per heavy atom. The normalized spacial score (nSPS) is 20.5. The second kappa shape index (κ2) is 6.30. The third kappa shape index (κ3) is 2.84. The third-order valence-corrected chi connectivity index (χ3v) is 5.04. The van der Waals surface area contributed by atoms with Crippen molar-refractivity contribution in [2.75, 3.05) is 5.75 Å². The third-order valence-electron chi connectivity index (χ3n) is 3.56. The molecule has 0 radical (unpaired) electrons. The van der Waals surface area contributed by atoms with Crippen LogP contribution in [-0.4, -0.2) is 23.1 Å². The quantitative estimate of drug-likeness (QED) is 0.382. The van der Waals surface area contributed by atoms with Crippen LogP contribution in [0.15, 0.2) is 0 Å². The van der Waals surface area contributed by atoms with E-state index in [0.29, 0.717) is 11.8 Å². The summed E-state index contributed by atoms with van der Waals surface area (Å²) in [5, 5.41) is -1.89. The lowest BCUT2D eigenvalue weighted by molar-refractivity contribution is -0.188. The van der Waals surface area contributed by atoms with Gasteiger partial charge in [0.1, 0.15) is 5.56 Å². The lowest BCUT2D eigenvalue weighted by atomic mass is 9.95. The Bertz CT molecular complexity index is 609. The maximum atomic E-state index is 13.9. The largest absolute Gasteiger partial charge is 0.315 e. The van der Waals surface area contributed by atoms with Crippen molar-refractivity contribution in [1.29, 1.82) is 0 Å². The fourth-order valence-electron chi connectivity index (χ4n) is 2.31. The van der Waals surface area contributed by atoms with Crippen molar-refractivity contribution in [3.63, 3.8) is 0 Å². The van der Waals surface area contributed by atoms with Crippen LogP contribution in [0, 0.1) is 29.1 Å². The number of rotatable bonds is 4. The topological polar surface area (TPSA) is 0 Å². The number of thioether (sulfide) groups is 1. The average Bonchev–Trinajstić information content (AvgIpc) is 3.05. The fraction of sp³-hybridized carbons (Fsp3) is 0.538. The molecular formula is C13H8F10S. The predicted molar refractivity (Wildman–Crippen MR) is 65.4 cm³/mol. The molecule has 0 aliphatic carbocycles. The van der Waals surface area contributed by atoms with Gasteiger partial charge in [-0.1, -0.05) is 0 Å². The van der Waals surface area contributed by atoms with E-state index >= 15 is 0 Å². The second-order valence-corrected chi connectivity index (χ2v) is 6.42. The summed E-state index contributed by atoms with van der Waals surface area (Å²) >= 11 is 0.487. The van der Waals surface area contributed by atoms with Gasteiger partial charge < -0.3 is 0 Å². The van der Waals surface area contributed by atoms with Crippen LogP contribution >= 0.6 is 11.8 Å². The fourth-order valence-corrected chi connectivity index (χ4v) is 3.60. The molecule has 0 amide bonds. The van der Waals surface area contributed by atoms with E-state index in [4.69, 9.17) is 0 Å². The molecule has 0 saturated carbocycles. The number of hydrogen-bond donors (Lipinski definition) is 0. The van der Waals surface area contributed by atoms with Crippen molar-refractivity contribution in [1.82, 2.24) is 0 Å². The zero-order valence-corrected chi connectivity index (χ0v) is 12.3. The molecule has 0 spiro atoms. The molecule has 24 heavy (non-hydrogen) atoms. The molecule has 11 heteroatoms. The molecular weight excluding hydrogens is 378 g/mol. The van der Waals surface area contributed by atoms with Crippen molar-refractivity contribution < 1.29 is 43.9 Å². The molecule has 2 unspecified atom stereocenters. The van der Waals surface area contributed by atoms with Gasteiger partial charge in [-0.05, 0) is 18.6 Å². The van der Waals surface area contributed by atoms with E-state index in [1.54, 1.807) is 0 Å². The Labute approximate surface area is 133 Å². The smallest absolute Gasteiger partial charge is 0.234 e. The number of benzene rings is 1. The van der Waals surface area contributed by atoms with Crippen LogP contribution in [0.4, 0.5) is 43.9 Å². The second-order valence-electron chi connectivity index (χ2n) is 5.11. The minimum absolute atomic E-state index is 0.140. The number of halogens is 10. The van der Waals surface area contributed by atoms with Gasteiger partial charge in [-0.15, -0.1) is 0 Å². The van der Waals surface area contributed by atoms with Gasteiger partial charge in [-0.25, -0.2) is 35.1 Å². The predicted octanol–water partition coefficient (Wildman–Crippen LogP) is 5.34. The maximum absolute atomic E-state index is 13.9. The summed E-state index contributed by atoms with van der Waals surface area (Å²) in [4.78, 5) is 0. The summed E-state index contributed by atoms with van der Waals surface area (Å²) < 4.78 is 135. The Hall–Kier alpha value is -1.13. The van der Waals surface area contributed by atoms with Crippen LogP contribution in [0.25, 0.3) is 0 Å². The molecule has 1 aliphatic heterocycles. The van der Waals surface area contributed by atoms with Crippen LogP contribution in [-0.2, 0) is 5.92 Å². The van der Waals surface area contributed by atoms with Gasteiger partial charge in [0, 0.05) is 0 Å². The van der Waals surface area contributed by atoms with E-state index in [1.807, 2.05) is 0 Å². The molecule has 2 atom stereocenters. The molecule has 0 aromatic heterocycles. The minimum Gasteiger partial charge on any atom is -0.234 e. The lowest BCUT2D eigenvalue weighted by Gasteiger charge is -2.31. The Morgan fingerprint density at radius 3 is 1.71 bits per heavy atom. The summed E-state index contributed by atoms with van der Waals surface area (Å²) in [6.45, 7) is 0. The molecule has 0 bridgehead atoms. The first kappa shape index (κ1) is 19.2. The van der Waals surface area contributed by atoms with Crippen LogP contribution in [0.2, 0.25) is 0 Å². The highest BCUT2D eigenvalue weighted by Gasteiger charge is 2.62. The SMILES string of the molecule is Fc1c(F)c(F)c(C(F)(F)C(F)C(F)(F)C2CCCS2)c(F)c1F. The van der Waals surface area contributed by atoms with Gasteiger partial charge in [0.2, 0.25) is 12.0 Å². The van der Waals surface area contributed by atoms with Crippen molar-refractivity contribution in [2.45, 2.75) is 36.1 Å². The lowest BCUT2D eigenvalue weighted by Crippen LogP contribution is -2.49. The van der Waals surface area contributed by atoms with Crippen LogP contribution in [0.1, 0.15) is 18.4 Å².